The molecule has 5 nitrogen and oxygen atoms in total. The summed E-state index contributed by atoms with van der Waals surface area (Å²) in [5.41, 5.74) is 2.16. The summed E-state index contributed by atoms with van der Waals surface area (Å²) in [6.07, 6.45) is 1.92. The van der Waals surface area contributed by atoms with Crippen molar-refractivity contribution in [3.63, 3.8) is 0 Å². The SMILES string of the molecule is O=C(c1ccccn1)C12Cc3cnn(-c4ccc(F)cc4)c3C=C1CCN(Sc1ccc(C(F)(F)F)cc1)C2. The molecule has 0 N–H and O–H groups in total. The summed E-state index contributed by atoms with van der Waals surface area (Å²) in [7, 11) is 0. The van der Waals surface area contributed by atoms with Crippen LogP contribution >= 0.6 is 11.9 Å². The average molecular weight is 551 g/mol. The van der Waals surface area contributed by atoms with Crippen molar-refractivity contribution in [1.29, 1.82) is 0 Å². The van der Waals surface area contributed by atoms with E-state index in [0.717, 1.165) is 29.0 Å². The van der Waals surface area contributed by atoms with Crippen LogP contribution in [0.1, 0.15) is 33.7 Å². The molecule has 10 heteroatoms. The van der Waals surface area contributed by atoms with E-state index in [2.05, 4.69) is 10.1 Å². The molecule has 2 aromatic heterocycles. The Balaban J connectivity index is 1.35. The summed E-state index contributed by atoms with van der Waals surface area (Å²) in [6.45, 7) is 0.968. The second-order valence-electron chi connectivity index (χ2n) is 9.64. The molecule has 1 atom stereocenters. The first-order valence-electron chi connectivity index (χ1n) is 12.3. The van der Waals surface area contributed by atoms with Crippen LogP contribution in [0, 0.1) is 11.2 Å². The average Bonchev–Trinajstić information content (AvgIpc) is 3.34. The first-order chi connectivity index (χ1) is 18.7. The Labute approximate surface area is 226 Å². The van der Waals surface area contributed by atoms with Crippen molar-refractivity contribution in [3.05, 3.63) is 113 Å². The van der Waals surface area contributed by atoms with Crippen LogP contribution in [0.5, 0.6) is 0 Å². The largest absolute Gasteiger partial charge is 0.416 e. The number of Topliss-reactive ketones (excluding diaryl/α,β-unsaturated/α-hetero) is 1. The summed E-state index contributed by atoms with van der Waals surface area (Å²) in [5, 5.41) is 4.55. The molecule has 1 saturated heterocycles. The number of ketones is 1. The van der Waals surface area contributed by atoms with Crippen molar-refractivity contribution in [1.82, 2.24) is 19.1 Å². The van der Waals surface area contributed by atoms with E-state index in [9.17, 15) is 22.4 Å². The first-order valence-corrected chi connectivity index (χ1v) is 13.1. The Morgan fingerprint density at radius 3 is 2.46 bits per heavy atom. The summed E-state index contributed by atoms with van der Waals surface area (Å²) < 4.78 is 56.4. The van der Waals surface area contributed by atoms with Gasteiger partial charge in [-0.1, -0.05) is 11.6 Å². The molecule has 2 aromatic carbocycles. The maximum atomic E-state index is 14.1. The van der Waals surface area contributed by atoms with Crippen LogP contribution in [0.2, 0.25) is 0 Å². The number of carbonyl (C=O) groups excluding carboxylic acids is 1. The number of aromatic nitrogens is 3. The van der Waals surface area contributed by atoms with E-state index >= 15 is 0 Å². The highest BCUT2D eigenvalue weighted by Gasteiger charge is 2.49. The van der Waals surface area contributed by atoms with Gasteiger partial charge in [-0.3, -0.25) is 9.78 Å². The molecule has 2 aliphatic rings. The number of piperidine rings is 1. The van der Waals surface area contributed by atoms with Crippen LogP contribution in [0.3, 0.4) is 0 Å². The van der Waals surface area contributed by atoms with Gasteiger partial charge in [-0.2, -0.15) is 18.3 Å². The molecular formula is C29H22F4N4OS. The Morgan fingerprint density at radius 1 is 1.00 bits per heavy atom. The molecule has 6 rings (SSSR count). The van der Waals surface area contributed by atoms with E-state index in [1.807, 2.05) is 10.4 Å². The number of nitrogens with zero attached hydrogens (tertiary/aromatic N) is 4. The Bertz CT molecular complexity index is 1550. The van der Waals surface area contributed by atoms with E-state index in [-0.39, 0.29) is 11.6 Å². The smallest absolute Gasteiger partial charge is 0.291 e. The molecular weight excluding hydrogens is 528 g/mol. The van der Waals surface area contributed by atoms with Crippen LogP contribution in [0.15, 0.2) is 89.6 Å². The molecule has 0 bridgehead atoms. The molecule has 0 saturated carbocycles. The fourth-order valence-electron chi connectivity index (χ4n) is 5.28. The Morgan fingerprint density at radius 2 is 1.77 bits per heavy atom. The van der Waals surface area contributed by atoms with Crippen molar-refractivity contribution in [2.75, 3.05) is 13.1 Å². The van der Waals surface area contributed by atoms with Gasteiger partial charge in [-0.15, -0.1) is 0 Å². The molecule has 0 amide bonds. The van der Waals surface area contributed by atoms with E-state index in [1.54, 1.807) is 47.4 Å². The molecule has 3 heterocycles. The highest BCUT2D eigenvalue weighted by Crippen LogP contribution is 2.48. The van der Waals surface area contributed by atoms with Crippen LogP contribution in [0.25, 0.3) is 11.8 Å². The third-order valence-electron chi connectivity index (χ3n) is 7.20. The minimum absolute atomic E-state index is 0.104. The quantitative estimate of drug-likeness (QED) is 0.158. The highest BCUT2D eigenvalue weighted by molar-refractivity contribution is 7.97. The molecule has 198 valence electrons. The summed E-state index contributed by atoms with van der Waals surface area (Å²) >= 11 is 1.35. The van der Waals surface area contributed by atoms with Crippen LogP contribution in [0.4, 0.5) is 17.6 Å². The second kappa shape index (κ2) is 9.77. The standard InChI is InChI=1S/C29H22F4N4OS/c30-22-6-8-23(9-7-22)37-26-15-21-12-14-36(39-24-10-4-20(5-11-24)29(31,32)33)18-28(21,16-19(26)17-35-37)27(38)25-3-1-2-13-34-25/h1-11,13,15,17H,12,14,16,18H2. The lowest BCUT2D eigenvalue weighted by molar-refractivity contribution is -0.137. The lowest BCUT2D eigenvalue weighted by Gasteiger charge is -2.44. The molecule has 39 heavy (non-hydrogen) atoms. The van der Waals surface area contributed by atoms with Crippen molar-refractivity contribution < 1.29 is 22.4 Å². The fraction of sp³-hybridized carbons (Fsp3) is 0.207. The minimum Gasteiger partial charge on any atom is -0.291 e. The minimum atomic E-state index is -4.40. The van der Waals surface area contributed by atoms with Gasteiger partial charge in [0, 0.05) is 24.2 Å². The van der Waals surface area contributed by atoms with Crippen molar-refractivity contribution in [2.45, 2.75) is 23.9 Å². The van der Waals surface area contributed by atoms with Gasteiger partial charge in [0.1, 0.15) is 11.5 Å². The first kappa shape index (κ1) is 25.5. The normalized spacial score (nSPS) is 19.2. The number of alkyl halides is 3. The number of rotatable bonds is 5. The van der Waals surface area contributed by atoms with Gasteiger partial charge in [0.2, 0.25) is 0 Å². The van der Waals surface area contributed by atoms with Crippen molar-refractivity contribution in [2.24, 2.45) is 5.41 Å². The van der Waals surface area contributed by atoms with Gasteiger partial charge < -0.3 is 0 Å². The van der Waals surface area contributed by atoms with Gasteiger partial charge in [-0.05, 0) is 97.1 Å². The highest BCUT2D eigenvalue weighted by atomic mass is 32.2. The predicted octanol–water partition coefficient (Wildman–Crippen LogP) is 6.65. The second-order valence-corrected chi connectivity index (χ2v) is 10.8. The van der Waals surface area contributed by atoms with Crippen LogP contribution in [-0.2, 0) is 12.6 Å². The molecule has 1 unspecified atom stereocenters. The van der Waals surface area contributed by atoms with Gasteiger partial charge in [0.05, 0.1) is 28.6 Å². The Hall–Kier alpha value is -3.76. The number of benzene rings is 2. The van der Waals surface area contributed by atoms with Crippen LogP contribution in [-0.4, -0.2) is 37.9 Å². The van der Waals surface area contributed by atoms with E-state index in [4.69, 9.17) is 0 Å². The number of hydrogen-bond acceptors (Lipinski definition) is 5. The monoisotopic (exact) mass is 550 g/mol. The molecule has 1 aliphatic heterocycles. The maximum Gasteiger partial charge on any atom is 0.416 e. The summed E-state index contributed by atoms with van der Waals surface area (Å²) in [4.78, 5) is 19.1. The molecule has 1 fully saturated rings. The summed E-state index contributed by atoms with van der Waals surface area (Å²) in [5.74, 6) is -0.441. The molecule has 0 spiro atoms. The van der Waals surface area contributed by atoms with Crippen LogP contribution < -0.4 is 0 Å². The van der Waals surface area contributed by atoms with E-state index in [0.29, 0.717) is 42.2 Å². The van der Waals surface area contributed by atoms with Crippen molar-refractivity contribution in [3.8, 4) is 5.69 Å². The lowest BCUT2D eigenvalue weighted by atomic mass is 9.65. The number of hydrogen-bond donors (Lipinski definition) is 0. The van der Waals surface area contributed by atoms with Gasteiger partial charge in [-0.25, -0.2) is 13.4 Å². The van der Waals surface area contributed by atoms with Gasteiger partial charge in [0.15, 0.2) is 5.78 Å². The molecule has 4 aromatic rings. The zero-order valence-electron chi connectivity index (χ0n) is 20.5. The number of fused-ring (bicyclic) bond motifs is 2. The fourth-order valence-corrected chi connectivity index (χ4v) is 6.30. The predicted molar refractivity (Wildman–Crippen MR) is 140 cm³/mol. The number of halogens is 4. The lowest BCUT2D eigenvalue weighted by Crippen LogP contribution is -2.49. The maximum absolute atomic E-state index is 14.1. The third-order valence-corrected chi connectivity index (χ3v) is 8.25. The van der Waals surface area contributed by atoms with Gasteiger partial charge >= 0.3 is 6.18 Å². The van der Waals surface area contributed by atoms with E-state index < -0.39 is 17.2 Å². The number of carbonyl (C=O) groups is 1. The van der Waals surface area contributed by atoms with Crippen molar-refractivity contribution >= 4 is 23.8 Å². The molecule has 0 radical (unpaired) electrons. The molecule has 1 aliphatic carbocycles. The zero-order valence-corrected chi connectivity index (χ0v) is 21.3. The summed E-state index contributed by atoms with van der Waals surface area (Å²) in [6, 6.07) is 16.4. The van der Waals surface area contributed by atoms with E-state index in [1.165, 1.54) is 36.2 Å². The zero-order chi connectivity index (χ0) is 27.2. The third kappa shape index (κ3) is 4.79. The Kier molecular flexibility index (Phi) is 6.39. The topological polar surface area (TPSA) is 51.0 Å². The number of pyridine rings is 1. The van der Waals surface area contributed by atoms with Gasteiger partial charge in [0.25, 0.3) is 0 Å².